The van der Waals surface area contributed by atoms with E-state index in [0.29, 0.717) is 19.5 Å². The molecule has 0 saturated carbocycles. The average molecular weight is 303 g/mol. The number of hydrogen-bond donors (Lipinski definition) is 2. The highest BCUT2D eigenvalue weighted by Gasteiger charge is 2.16. The van der Waals surface area contributed by atoms with Gasteiger partial charge in [-0.05, 0) is 31.5 Å². The van der Waals surface area contributed by atoms with E-state index in [1.54, 1.807) is 11.8 Å². The van der Waals surface area contributed by atoms with Gasteiger partial charge in [-0.1, -0.05) is 30.3 Å². The van der Waals surface area contributed by atoms with Crippen LogP contribution >= 0.6 is 0 Å². The Bertz CT molecular complexity index is 484. The Morgan fingerprint density at radius 2 is 1.91 bits per heavy atom. The third-order valence-corrected chi connectivity index (χ3v) is 3.97. The fraction of sp³-hybridized carbons (Fsp3) is 0.529. The van der Waals surface area contributed by atoms with Crippen molar-refractivity contribution in [2.45, 2.75) is 38.8 Å². The minimum atomic E-state index is -0.00137. The molecule has 1 saturated heterocycles. The lowest BCUT2D eigenvalue weighted by molar-refractivity contribution is -0.130. The number of piperidine rings is 1. The minimum Gasteiger partial charge on any atom is -0.353 e. The molecule has 1 aliphatic heterocycles. The number of amides is 2. The van der Waals surface area contributed by atoms with Gasteiger partial charge in [-0.2, -0.15) is 0 Å². The predicted molar refractivity (Wildman–Crippen MR) is 86.2 cm³/mol. The van der Waals surface area contributed by atoms with Crippen LogP contribution in [0.5, 0.6) is 0 Å². The van der Waals surface area contributed by atoms with Crippen molar-refractivity contribution >= 4 is 11.8 Å². The van der Waals surface area contributed by atoms with Gasteiger partial charge in [-0.3, -0.25) is 9.59 Å². The lowest BCUT2D eigenvalue weighted by Crippen LogP contribution is -2.43. The summed E-state index contributed by atoms with van der Waals surface area (Å²) >= 11 is 0. The standard InChI is InChI=1S/C17H25N3O2/c1-14(21)20(13-15-5-3-2-4-6-15)12-9-17(22)19-16-7-10-18-11-8-16/h2-6,16,18H,7-13H2,1H3,(H,19,22). The van der Waals surface area contributed by atoms with Crippen LogP contribution in [0.15, 0.2) is 30.3 Å². The van der Waals surface area contributed by atoms with Gasteiger partial charge in [0.05, 0.1) is 0 Å². The van der Waals surface area contributed by atoms with E-state index in [9.17, 15) is 9.59 Å². The van der Waals surface area contributed by atoms with E-state index in [-0.39, 0.29) is 17.9 Å². The van der Waals surface area contributed by atoms with Crippen LogP contribution in [0.25, 0.3) is 0 Å². The van der Waals surface area contributed by atoms with Crippen LogP contribution in [0.4, 0.5) is 0 Å². The number of rotatable bonds is 6. The van der Waals surface area contributed by atoms with Gasteiger partial charge >= 0.3 is 0 Å². The zero-order valence-corrected chi connectivity index (χ0v) is 13.2. The Kier molecular flexibility index (Phi) is 6.40. The van der Waals surface area contributed by atoms with Crippen LogP contribution in [0.2, 0.25) is 0 Å². The molecule has 2 rings (SSSR count). The number of nitrogens with one attached hydrogen (secondary N) is 2. The first kappa shape index (κ1) is 16.5. The molecule has 0 radical (unpaired) electrons. The van der Waals surface area contributed by atoms with E-state index in [2.05, 4.69) is 10.6 Å². The molecule has 0 unspecified atom stereocenters. The summed E-state index contributed by atoms with van der Waals surface area (Å²) in [6, 6.07) is 10.1. The first-order valence-corrected chi connectivity index (χ1v) is 7.94. The van der Waals surface area contributed by atoms with Gasteiger partial charge in [0.1, 0.15) is 0 Å². The van der Waals surface area contributed by atoms with E-state index in [0.717, 1.165) is 31.5 Å². The molecule has 0 atom stereocenters. The molecule has 1 fully saturated rings. The predicted octanol–water partition coefficient (Wildman–Crippen LogP) is 1.29. The lowest BCUT2D eigenvalue weighted by atomic mass is 10.1. The number of benzene rings is 1. The molecule has 0 aromatic heterocycles. The largest absolute Gasteiger partial charge is 0.353 e. The maximum absolute atomic E-state index is 12.0. The molecule has 1 aromatic carbocycles. The lowest BCUT2D eigenvalue weighted by Gasteiger charge is -2.25. The first-order chi connectivity index (χ1) is 10.6. The maximum Gasteiger partial charge on any atom is 0.221 e. The van der Waals surface area contributed by atoms with Crippen LogP contribution in [-0.2, 0) is 16.1 Å². The molecular formula is C17H25N3O2. The van der Waals surface area contributed by atoms with Crippen molar-refractivity contribution in [1.82, 2.24) is 15.5 Å². The quantitative estimate of drug-likeness (QED) is 0.832. The third-order valence-electron chi connectivity index (χ3n) is 3.97. The summed E-state index contributed by atoms with van der Waals surface area (Å²) < 4.78 is 0. The fourth-order valence-electron chi connectivity index (χ4n) is 2.65. The monoisotopic (exact) mass is 303 g/mol. The Labute approximate surface area is 132 Å². The second-order valence-corrected chi connectivity index (χ2v) is 5.77. The van der Waals surface area contributed by atoms with Crippen molar-refractivity contribution in [3.8, 4) is 0 Å². The highest BCUT2D eigenvalue weighted by Crippen LogP contribution is 2.06. The molecule has 1 aromatic rings. The first-order valence-electron chi connectivity index (χ1n) is 7.94. The summed E-state index contributed by atoms with van der Waals surface area (Å²) in [5.41, 5.74) is 1.08. The molecule has 22 heavy (non-hydrogen) atoms. The zero-order valence-electron chi connectivity index (χ0n) is 13.2. The van der Waals surface area contributed by atoms with E-state index in [1.807, 2.05) is 30.3 Å². The van der Waals surface area contributed by atoms with Crippen LogP contribution in [0.1, 0.15) is 31.7 Å². The van der Waals surface area contributed by atoms with Gasteiger partial charge in [-0.15, -0.1) is 0 Å². The summed E-state index contributed by atoms with van der Waals surface area (Å²) in [4.78, 5) is 25.5. The van der Waals surface area contributed by atoms with E-state index < -0.39 is 0 Å². The molecule has 2 N–H and O–H groups in total. The molecule has 0 spiro atoms. The van der Waals surface area contributed by atoms with Crippen LogP contribution in [0, 0.1) is 0 Å². The smallest absolute Gasteiger partial charge is 0.221 e. The highest BCUT2D eigenvalue weighted by atomic mass is 16.2. The second kappa shape index (κ2) is 8.54. The molecule has 0 bridgehead atoms. The van der Waals surface area contributed by atoms with Gasteiger partial charge in [0.2, 0.25) is 11.8 Å². The SMILES string of the molecule is CC(=O)N(CCC(=O)NC1CCNCC1)Cc1ccccc1. The number of carbonyl (C=O) groups excluding carboxylic acids is 2. The van der Waals surface area contributed by atoms with Gasteiger partial charge in [0, 0.05) is 32.5 Å². The van der Waals surface area contributed by atoms with E-state index in [4.69, 9.17) is 0 Å². The van der Waals surface area contributed by atoms with E-state index in [1.165, 1.54) is 0 Å². The van der Waals surface area contributed by atoms with Crippen molar-refractivity contribution in [2.75, 3.05) is 19.6 Å². The number of nitrogens with zero attached hydrogens (tertiary/aromatic N) is 1. The van der Waals surface area contributed by atoms with Gasteiger partial charge < -0.3 is 15.5 Å². The normalized spacial score (nSPS) is 15.3. The topological polar surface area (TPSA) is 61.4 Å². The summed E-state index contributed by atoms with van der Waals surface area (Å²) in [5, 5.41) is 6.34. The van der Waals surface area contributed by atoms with Crippen molar-refractivity contribution < 1.29 is 9.59 Å². The minimum absolute atomic E-state index is 0.00137. The molecule has 0 aliphatic carbocycles. The van der Waals surface area contributed by atoms with Gasteiger partial charge in [-0.25, -0.2) is 0 Å². The van der Waals surface area contributed by atoms with Crippen molar-refractivity contribution in [3.05, 3.63) is 35.9 Å². The molecule has 1 heterocycles. The fourth-order valence-corrected chi connectivity index (χ4v) is 2.65. The van der Waals surface area contributed by atoms with Crippen molar-refractivity contribution in [1.29, 1.82) is 0 Å². The summed E-state index contributed by atoms with van der Waals surface area (Å²) in [7, 11) is 0. The maximum atomic E-state index is 12.0. The molecule has 2 amide bonds. The summed E-state index contributed by atoms with van der Waals surface area (Å²) in [5.74, 6) is 0.0322. The molecule has 5 nitrogen and oxygen atoms in total. The van der Waals surface area contributed by atoms with Crippen molar-refractivity contribution in [3.63, 3.8) is 0 Å². The average Bonchev–Trinajstić information content (AvgIpc) is 2.53. The van der Waals surface area contributed by atoms with Crippen LogP contribution in [-0.4, -0.2) is 42.4 Å². The molecule has 1 aliphatic rings. The third kappa shape index (κ3) is 5.48. The van der Waals surface area contributed by atoms with Crippen molar-refractivity contribution in [2.24, 2.45) is 0 Å². The molecular weight excluding hydrogens is 278 g/mol. The van der Waals surface area contributed by atoms with Gasteiger partial charge in [0.15, 0.2) is 0 Å². The Morgan fingerprint density at radius 3 is 2.55 bits per heavy atom. The van der Waals surface area contributed by atoms with Gasteiger partial charge in [0.25, 0.3) is 0 Å². The van der Waals surface area contributed by atoms with Crippen LogP contribution < -0.4 is 10.6 Å². The Balaban J connectivity index is 1.78. The summed E-state index contributed by atoms with van der Waals surface area (Å²) in [6.45, 7) is 4.47. The zero-order chi connectivity index (χ0) is 15.8. The van der Waals surface area contributed by atoms with E-state index >= 15 is 0 Å². The molecule has 120 valence electrons. The highest BCUT2D eigenvalue weighted by molar-refractivity contribution is 5.78. The second-order valence-electron chi connectivity index (χ2n) is 5.77. The Morgan fingerprint density at radius 1 is 1.23 bits per heavy atom. The Hall–Kier alpha value is -1.88. The number of carbonyl (C=O) groups is 2. The summed E-state index contributed by atoms with van der Waals surface area (Å²) in [6.07, 6.45) is 2.31. The number of hydrogen-bond acceptors (Lipinski definition) is 3. The van der Waals surface area contributed by atoms with Crippen LogP contribution in [0.3, 0.4) is 0 Å². The molecule has 5 heteroatoms.